The number of fused-ring (bicyclic) bond motifs is 1. The van der Waals surface area contributed by atoms with E-state index in [1.54, 1.807) is 31.5 Å². The lowest BCUT2D eigenvalue weighted by atomic mass is 10.2. The molecule has 0 radical (unpaired) electrons. The predicted octanol–water partition coefficient (Wildman–Crippen LogP) is 4.06. The van der Waals surface area contributed by atoms with Crippen LogP contribution in [0.4, 0.5) is 17.2 Å². The lowest BCUT2D eigenvalue weighted by Gasteiger charge is -2.11. The van der Waals surface area contributed by atoms with Crippen molar-refractivity contribution >= 4 is 28.2 Å². The second-order valence-corrected chi connectivity index (χ2v) is 6.09. The predicted molar refractivity (Wildman–Crippen MR) is 107 cm³/mol. The van der Waals surface area contributed by atoms with Gasteiger partial charge in [-0.15, -0.1) is 0 Å². The van der Waals surface area contributed by atoms with Crippen LogP contribution in [0.3, 0.4) is 0 Å². The van der Waals surface area contributed by atoms with E-state index in [0.717, 1.165) is 5.56 Å². The molecule has 0 unspecified atom stereocenters. The van der Waals surface area contributed by atoms with Gasteiger partial charge in [-0.05, 0) is 36.4 Å². The third-order valence-electron chi connectivity index (χ3n) is 4.23. The Hall–Kier alpha value is -4.27. The number of hydrogen-bond acceptors (Lipinski definition) is 8. The summed E-state index contributed by atoms with van der Waals surface area (Å²) in [5, 5.41) is 24.5. The van der Waals surface area contributed by atoms with Crippen LogP contribution < -0.4 is 10.1 Å². The van der Waals surface area contributed by atoms with Gasteiger partial charge in [0.25, 0.3) is 0 Å². The molecule has 0 bridgehead atoms. The minimum Gasteiger partial charge on any atom is -0.502 e. The first-order valence-electron chi connectivity index (χ1n) is 8.57. The average molecular weight is 389 g/mol. The Labute approximate surface area is 164 Å². The van der Waals surface area contributed by atoms with Crippen LogP contribution in [0.15, 0.2) is 60.8 Å². The molecule has 2 heterocycles. The number of benzene rings is 2. The molecule has 4 rings (SSSR count). The van der Waals surface area contributed by atoms with Gasteiger partial charge >= 0.3 is 5.69 Å². The molecule has 2 N–H and O–H groups in total. The minimum absolute atomic E-state index is 0.398. The molecule has 0 fully saturated rings. The Morgan fingerprint density at radius 3 is 2.76 bits per heavy atom. The Morgan fingerprint density at radius 1 is 1.10 bits per heavy atom. The Bertz CT molecular complexity index is 1230. The molecule has 0 spiro atoms. The van der Waals surface area contributed by atoms with Crippen molar-refractivity contribution in [3.8, 4) is 22.9 Å². The summed E-state index contributed by atoms with van der Waals surface area (Å²) in [5.41, 5.74) is 1.20. The lowest BCUT2D eigenvalue weighted by Crippen LogP contribution is -2.01. The molecule has 9 heteroatoms. The summed E-state index contributed by atoms with van der Waals surface area (Å²) < 4.78 is 5.26. The topological polar surface area (TPSA) is 123 Å². The maximum Gasteiger partial charge on any atom is 0.312 e. The van der Waals surface area contributed by atoms with Gasteiger partial charge in [-0.1, -0.05) is 12.1 Å². The van der Waals surface area contributed by atoms with Crippen LogP contribution in [0.2, 0.25) is 0 Å². The van der Waals surface area contributed by atoms with Gasteiger partial charge in [0.2, 0.25) is 0 Å². The molecule has 144 valence electrons. The second-order valence-electron chi connectivity index (χ2n) is 6.09. The van der Waals surface area contributed by atoms with Gasteiger partial charge < -0.3 is 15.2 Å². The molecule has 2 aromatic heterocycles. The summed E-state index contributed by atoms with van der Waals surface area (Å²) in [4.78, 5) is 23.9. The van der Waals surface area contributed by atoms with E-state index in [4.69, 9.17) is 4.74 Å². The van der Waals surface area contributed by atoms with Crippen LogP contribution in [-0.4, -0.2) is 32.1 Å². The zero-order chi connectivity index (χ0) is 20.4. The highest BCUT2D eigenvalue weighted by molar-refractivity contribution is 5.90. The molecular formula is C20H15N5O4. The number of ether oxygens (including phenoxy) is 1. The molecule has 0 atom stereocenters. The number of aromatic nitrogens is 3. The molecule has 0 aliphatic rings. The highest BCUT2D eigenvalue weighted by Gasteiger charge is 2.16. The average Bonchev–Trinajstić information content (AvgIpc) is 2.74. The van der Waals surface area contributed by atoms with Gasteiger partial charge in [0, 0.05) is 23.5 Å². The normalized spacial score (nSPS) is 10.7. The van der Waals surface area contributed by atoms with Gasteiger partial charge in [0.05, 0.1) is 17.4 Å². The summed E-state index contributed by atoms with van der Waals surface area (Å²) in [6.45, 7) is 0. The van der Waals surface area contributed by atoms with Crippen molar-refractivity contribution in [2.24, 2.45) is 0 Å². The number of phenols is 1. The summed E-state index contributed by atoms with van der Waals surface area (Å²) in [7, 11) is 1.58. The summed E-state index contributed by atoms with van der Waals surface area (Å²) in [6, 6.07) is 14.9. The Morgan fingerprint density at radius 2 is 1.97 bits per heavy atom. The van der Waals surface area contributed by atoms with Crippen molar-refractivity contribution in [1.29, 1.82) is 0 Å². The number of nitro benzene ring substituents is 1. The van der Waals surface area contributed by atoms with E-state index in [1.807, 2.05) is 18.2 Å². The molecular weight excluding hydrogens is 374 g/mol. The number of rotatable bonds is 5. The van der Waals surface area contributed by atoms with E-state index in [-0.39, 0.29) is 0 Å². The molecule has 0 aliphatic heterocycles. The molecule has 29 heavy (non-hydrogen) atoms. The lowest BCUT2D eigenvalue weighted by molar-refractivity contribution is -0.385. The van der Waals surface area contributed by atoms with Crippen LogP contribution in [0.25, 0.3) is 22.4 Å². The fourth-order valence-corrected chi connectivity index (χ4v) is 2.83. The zero-order valence-electron chi connectivity index (χ0n) is 15.2. The molecule has 0 aliphatic carbocycles. The first-order valence-corrected chi connectivity index (χ1v) is 8.57. The van der Waals surface area contributed by atoms with E-state index in [0.29, 0.717) is 34.1 Å². The van der Waals surface area contributed by atoms with Crippen LogP contribution in [0.1, 0.15) is 0 Å². The van der Waals surface area contributed by atoms with Gasteiger partial charge in [-0.25, -0.2) is 15.0 Å². The highest BCUT2D eigenvalue weighted by atomic mass is 16.6. The van der Waals surface area contributed by atoms with Crippen LogP contribution in [0, 0.1) is 10.1 Å². The van der Waals surface area contributed by atoms with E-state index >= 15 is 0 Å². The molecule has 9 nitrogen and oxygen atoms in total. The fourth-order valence-electron chi connectivity index (χ4n) is 2.83. The number of nitro groups is 1. The van der Waals surface area contributed by atoms with Crippen molar-refractivity contribution in [2.75, 3.05) is 12.4 Å². The van der Waals surface area contributed by atoms with Gasteiger partial charge in [0.1, 0.15) is 11.6 Å². The van der Waals surface area contributed by atoms with Crippen molar-refractivity contribution in [3.63, 3.8) is 0 Å². The third kappa shape index (κ3) is 3.61. The van der Waals surface area contributed by atoms with Crippen molar-refractivity contribution in [3.05, 3.63) is 70.9 Å². The molecule has 0 saturated carbocycles. The smallest absolute Gasteiger partial charge is 0.312 e. The maximum absolute atomic E-state index is 11.1. The van der Waals surface area contributed by atoms with Crippen molar-refractivity contribution in [2.45, 2.75) is 0 Å². The Kier molecular flexibility index (Phi) is 4.62. The van der Waals surface area contributed by atoms with Crippen molar-refractivity contribution < 1.29 is 14.8 Å². The molecule has 2 aromatic carbocycles. The number of aromatic hydroxyl groups is 1. The third-order valence-corrected chi connectivity index (χ3v) is 4.23. The number of pyridine rings is 1. The van der Waals surface area contributed by atoms with Gasteiger partial charge in [-0.3, -0.25) is 10.1 Å². The molecule has 4 aromatic rings. The number of nitrogens with zero attached hydrogens (tertiary/aromatic N) is 4. The van der Waals surface area contributed by atoms with E-state index in [9.17, 15) is 15.2 Å². The monoisotopic (exact) mass is 389 g/mol. The Balaban J connectivity index is 1.83. The number of anilines is 2. The SMILES string of the molecule is COc1cccc(-c2nc(Nc3ccc(O)c([N+](=O)[O-])c3)c3cccnc3n2)c1. The number of phenolic OH excluding ortho intramolecular Hbond substituents is 1. The number of nitrogens with one attached hydrogen (secondary N) is 1. The van der Waals surface area contributed by atoms with Gasteiger partial charge in [-0.2, -0.15) is 0 Å². The molecule has 0 amide bonds. The second kappa shape index (κ2) is 7.39. The number of methoxy groups -OCH3 is 1. The largest absolute Gasteiger partial charge is 0.502 e. The maximum atomic E-state index is 11.1. The summed E-state index contributed by atoms with van der Waals surface area (Å²) in [6.07, 6.45) is 1.62. The first kappa shape index (κ1) is 18.1. The minimum atomic E-state index is -0.651. The number of hydrogen-bond donors (Lipinski definition) is 2. The van der Waals surface area contributed by atoms with Crippen LogP contribution >= 0.6 is 0 Å². The van der Waals surface area contributed by atoms with E-state index in [2.05, 4.69) is 20.3 Å². The van der Waals surface area contributed by atoms with Crippen LogP contribution in [-0.2, 0) is 0 Å². The quantitative estimate of drug-likeness (QED) is 0.298. The summed E-state index contributed by atoms with van der Waals surface area (Å²) in [5.74, 6) is 1.11. The highest BCUT2D eigenvalue weighted by Crippen LogP contribution is 2.32. The van der Waals surface area contributed by atoms with E-state index in [1.165, 1.54) is 18.2 Å². The zero-order valence-corrected chi connectivity index (χ0v) is 15.2. The summed E-state index contributed by atoms with van der Waals surface area (Å²) >= 11 is 0. The van der Waals surface area contributed by atoms with Crippen molar-refractivity contribution in [1.82, 2.24) is 15.0 Å². The van der Waals surface area contributed by atoms with Crippen LogP contribution in [0.5, 0.6) is 11.5 Å². The van der Waals surface area contributed by atoms with E-state index < -0.39 is 16.4 Å². The first-order chi connectivity index (χ1) is 14.0. The molecule has 0 saturated heterocycles. The fraction of sp³-hybridized carbons (Fsp3) is 0.0500. The van der Waals surface area contributed by atoms with Gasteiger partial charge in [0.15, 0.2) is 17.2 Å². The standard InChI is InChI=1S/C20H15N5O4/c1-29-14-5-2-4-12(10-14)18-23-19-15(6-3-9-21-19)20(24-18)22-13-7-8-17(26)16(11-13)25(27)28/h2-11,26H,1H3,(H,21,22,23,24).